The molecule has 0 spiro atoms. The van der Waals surface area contributed by atoms with Gasteiger partial charge in [0.25, 0.3) is 0 Å². The third-order valence-electron chi connectivity index (χ3n) is 5.76. The smallest absolute Gasteiger partial charge is 0.308 e. The first-order valence-corrected chi connectivity index (χ1v) is 10.1. The van der Waals surface area contributed by atoms with Gasteiger partial charge >= 0.3 is 11.9 Å². The number of hydrogen-bond donors (Lipinski definition) is 0. The molecule has 30 heavy (non-hydrogen) atoms. The Morgan fingerprint density at radius 3 is 1.97 bits per heavy atom. The summed E-state index contributed by atoms with van der Waals surface area (Å²) in [6.07, 6.45) is 0.976. The third-order valence-corrected chi connectivity index (χ3v) is 5.76. The Kier molecular flexibility index (Phi) is 6.34. The van der Waals surface area contributed by atoms with E-state index in [2.05, 4.69) is 13.8 Å². The van der Waals surface area contributed by atoms with Crippen LogP contribution in [0.25, 0.3) is 0 Å². The molecule has 6 nitrogen and oxygen atoms in total. The summed E-state index contributed by atoms with van der Waals surface area (Å²) >= 11 is 0. The van der Waals surface area contributed by atoms with E-state index in [0.29, 0.717) is 34.8 Å². The topological polar surface area (TPSA) is 71.1 Å². The van der Waals surface area contributed by atoms with Crippen molar-refractivity contribution in [3.63, 3.8) is 0 Å². The predicted molar refractivity (Wildman–Crippen MR) is 113 cm³/mol. The molecule has 0 bridgehead atoms. The number of benzene rings is 2. The molecule has 0 radical (unpaired) electrons. The van der Waals surface area contributed by atoms with Gasteiger partial charge in [-0.1, -0.05) is 19.9 Å². The number of carbonyl (C=O) groups is 2. The van der Waals surface area contributed by atoms with Gasteiger partial charge in [0, 0.05) is 19.8 Å². The minimum atomic E-state index is -0.398. The highest BCUT2D eigenvalue weighted by Gasteiger charge is 2.39. The molecular weight excluding hydrogens is 384 g/mol. The van der Waals surface area contributed by atoms with Crippen molar-refractivity contribution in [2.45, 2.75) is 46.0 Å². The average molecular weight is 412 g/mol. The summed E-state index contributed by atoms with van der Waals surface area (Å²) in [5.74, 6) is 1.80. The van der Waals surface area contributed by atoms with Crippen LogP contribution in [0.5, 0.6) is 23.0 Å². The molecule has 6 heteroatoms. The molecule has 1 aliphatic carbocycles. The number of fused-ring (bicyclic) bond motifs is 1. The molecule has 0 aliphatic heterocycles. The van der Waals surface area contributed by atoms with Crippen LogP contribution in [-0.4, -0.2) is 26.2 Å². The lowest BCUT2D eigenvalue weighted by Crippen LogP contribution is -2.10. The minimum Gasteiger partial charge on any atom is -0.493 e. The Morgan fingerprint density at radius 2 is 1.40 bits per heavy atom. The molecule has 0 aromatic heterocycles. The number of esters is 2. The normalized spacial score (nSPS) is 19.7. The molecule has 0 amide bonds. The van der Waals surface area contributed by atoms with Gasteiger partial charge < -0.3 is 18.9 Å². The summed E-state index contributed by atoms with van der Waals surface area (Å²) < 4.78 is 21.6. The van der Waals surface area contributed by atoms with Gasteiger partial charge in [0.2, 0.25) is 0 Å². The van der Waals surface area contributed by atoms with Gasteiger partial charge in [-0.2, -0.15) is 0 Å². The van der Waals surface area contributed by atoms with Gasteiger partial charge in [-0.15, -0.1) is 0 Å². The van der Waals surface area contributed by atoms with Crippen molar-refractivity contribution in [3.05, 3.63) is 47.0 Å². The lowest BCUT2D eigenvalue weighted by Gasteiger charge is -2.22. The van der Waals surface area contributed by atoms with Crippen molar-refractivity contribution in [1.29, 1.82) is 0 Å². The average Bonchev–Trinajstić information content (AvgIpc) is 2.97. The largest absolute Gasteiger partial charge is 0.493 e. The molecular formula is C24H28O6. The molecule has 2 aromatic carbocycles. The predicted octanol–water partition coefficient (Wildman–Crippen LogP) is 4.83. The van der Waals surface area contributed by atoms with Gasteiger partial charge in [0.05, 0.1) is 14.2 Å². The number of hydrogen-bond acceptors (Lipinski definition) is 6. The zero-order valence-electron chi connectivity index (χ0n) is 18.3. The van der Waals surface area contributed by atoms with E-state index in [0.717, 1.165) is 17.5 Å². The van der Waals surface area contributed by atoms with Crippen LogP contribution >= 0.6 is 0 Å². The van der Waals surface area contributed by atoms with E-state index in [1.165, 1.54) is 19.4 Å². The van der Waals surface area contributed by atoms with E-state index in [9.17, 15) is 9.59 Å². The van der Waals surface area contributed by atoms with Crippen molar-refractivity contribution in [1.82, 2.24) is 0 Å². The Morgan fingerprint density at radius 1 is 0.833 bits per heavy atom. The second kappa shape index (κ2) is 8.78. The van der Waals surface area contributed by atoms with Gasteiger partial charge in [0.15, 0.2) is 23.0 Å². The SMILES string of the molecule is CC[C@@H]1c2cc(OC)c(OC(C)=O)cc2[C@@H](c2ccc(OC(C)=O)c(OC)c2)[C@H]1C. The van der Waals surface area contributed by atoms with Crippen LogP contribution in [0.2, 0.25) is 0 Å². The third kappa shape index (κ3) is 3.99. The van der Waals surface area contributed by atoms with Crippen LogP contribution in [-0.2, 0) is 9.59 Å². The second-order valence-corrected chi connectivity index (χ2v) is 7.58. The van der Waals surface area contributed by atoms with Crippen molar-refractivity contribution in [2.75, 3.05) is 14.2 Å². The Balaban J connectivity index is 2.13. The minimum absolute atomic E-state index is 0.0745. The molecule has 0 saturated carbocycles. The second-order valence-electron chi connectivity index (χ2n) is 7.58. The summed E-state index contributed by atoms with van der Waals surface area (Å²) in [7, 11) is 3.13. The summed E-state index contributed by atoms with van der Waals surface area (Å²) in [6.45, 7) is 7.13. The van der Waals surface area contributed by atoms with Crippen LogP contribution in [0.4, 0.5) is 0 Å². The Bertz CT molecular complexity index is 964. The lowest BCUT2D eigenvalue weighted by molar-refractivity contribution is -0.132. The van der Waals surface area contributed by atoms with Gasteiger partial charge in [-0.25, -0.2) is 0 Å². The summed E-state index contributed by atoms with van der Waals surface area (Å²) in [4.78, 5) is 23.0. The molecule has 1 aliphatic rings. The fourth-order valence-electron chi connectivity index (χ4n) is 4.57. The number of carbonyl (C=O) groups excluding carboxylic acids is 2. The number of methoxy groups -OCH3 is 2. The molecule has 160 valence electrons. The van der Waals surface area contributed by atoms with E-state index in [1.54, 1.807) is 20.3 Å². The highest BCUT2D eigenvalue weighted by molar-refractivity contribution is 5.72. The maximum Gasteiger partial charge on any atom is 0.308 e. The van der Waals surface area contributed by atoms with Crippen molar-refractivity contribution in [3.8, 4) is 23.0 Å². The summed E-state index contributed by atoms with van der Waals surface area (Å²) in [6, 6.07) is 9.54. The zero-order valence-corrected chi connectivity index (χ0v) is 18.3. The van der Waals surface area contributed by atoms with Crippen molar-refractivity contribution >= 4 is 11.9 Å². The first kappa shape index (κ1) is 21.7. The quantitative estimate of drug-likeness (QED) is 0.500. The molecule has 0 saturated heterocycles. The van der Waals surface area contributed by atoms with E-state index in [1.807, 2.05) is 24.3 Å². The van der Waals surface area contributed by atoms with E-state index in [4.69, 9.17) is 18.9 Å². The van der Waals surface area contributed by atoms with Crippen molar-refractivity contribution < 1.29 is 28.5 Å². The maximum absolute atomic E-state index is 11.6. The first-order valence-electron chi connectivity index (χ1n) is 10.1. The zero-order chi connectivity index (χ0) is 22.0. The first-order chi connectivity index (χ1) is 14.3. The van der Waals surface area contributed by atoms with E-state index in [-0.39, 0.29) is 5.92 Å². The lowest BCUT2D eigenvalue weighted by atomic mass is 9.83. The van der Waals surface area contributed by atoms with Gasteiger partial charge in [0.1, 0.15) is 0 Å². The van der Waals surface area contributed by atoms with Gasteiger partial charge in [-0.3, -0.25) is 9.59 Å². The van der Waals surface area contributed by atoms with Crippen LogP contribution in [0.15, 0.2) is 30.3 Å². The Labute approximate surface area is 177 Å². The van der Waals surface area contributed by atoms with Crippen LogP contribution in [0, 0.1) is 5.92 Å². The molecule has 2 aromatic rings. The van der Waals surface area contributed by atoms with E-state index < -0.39 is 11.9 Å². The summed E-state index contributed by atoms with van der Waals surface area (Å²) in [5.41, 5.74) is 3.35. The Hall–Kier alpha value is -3.02. The molecule has 3 rings (SSSR count). The number of ether oxygens (including phenoxy) is 4. The van der Waals surface area contributed by atoms with Crippen LogP contribution in [0.1, 0.15) is 62.6 Å². The monoisotopic (exact) mass is 412 g/mol. The van der Waals surface area contributed by atoms with Crippen LogP contribution in [0.3, 0.4) is 0 Å². The highest BCUT2D eigenvalue weighted by atomic mass is 16.6. The highest BCUT2D eigenvalue weighted by Crippen LogP contribution is 2.54. The van der Waals surface area contributed by atoms with E-state index >= 15 is 0 Å². The summed E-state index contributed by atoms with van der Waals surface area (Å²) in [5, 5.41) is 0. The van der Waals surface area contributed by atoms with Crippen molar-refractivity contribution in [2.24, 2.45) is 5.92 Å². The fourth-order valence-corrected chi connectivity index (χ4v) is 4.57. The number of rotatable bonds is 6. The molecule has 0 unspecified atom stereocenters. The maximum atomic E-state index is 11.6. The van der Waals surface area contributed by atoms with Crippen LogP contribution < -0.4 is 18.9 Å². The molecule has 0 heterocycles. The van der Waals surface area contributed by atoms with Gasteiger partial charge in [-0.05, 0) is 59.2 Å². The standard InChI is InChI=1S/C24H28O6/c1-7-17-13(2)24(16-8-9-20(29-14(3)25)21(10-16)27-5)19-12-23(30-15(4)26)22(28-6)11-18(17)19/h8-13,17,24H,7H2,1-6H3/t13-,17-,24+/m0/s1. The molecule has 0 fully saturated rings. The fraction of sp³-hybridized carbons (Fsp3) is 0.417. The molecule has 0 N–H and O–H groups in total. The molecule has 3 atom stereocenters.